The Morgan fingerprint density at radius 1 is 1.56 bits per heavy atom. The Morgan fingerprint density at radius 2 is 2.33 bits per heavy atom. The quantitative estimate of drug-likeness (QED) is 0.652. The lowest BCUT2D eigenvalue weighted by Crippen LogP contribution is -2.38. The van der Waals surface area contributed by atoms with Crippen molar-refractivity contribution < 1.29 is 14.8 Å². The molecule has 1 atom stereocenters. The van der Waals surface area contributed by atoms with E-state index in [2.05, 4.69) is 0 Å². The molecule has 1 N–H and O–H groups in total. The molecule has 6 nitrogen and oxygen atoms in total. The van der Waals surface area contributed by atoms with Gasteiger partial charge in [0.2, 0.25) is 0 Å². The first kappa shape index (κ1) is 12.6. The zero-order chi connectivity index (χ0) is 13.1. The minimum absolute atomic E-state index is 0.0332. The highest BCUT2D eigenvalue weighted by molar-refractivity contribution is 5.70. The molecular formula is C12H16N2O4. The summed E-state index contributed by atoms with van der Waals surface area (Å²) in [6.07, 6.45) is 1.15. The minimum atomic E-state index is -0.435. The number of hydrogen-bond donors (Lipinski definition) is 1. The first-order chi connectivity index (χ1) is 8.63. The van der Waals surface area contributed by atoms with Gasteiger partial charge in [0.05, 0.1) is 18.1 Å². The lowest BCUT2D eigenvalue weighted by Gasteiger charge is -2.31. The number of β-amino-alcohol motifs (C(OH)–C–C–N with tert-alkyl or cyclic N) is 1. The van der Waals surface area contributed by atoms with Crippen molar-refractivity contribution in [3.63, 3.8) is 0 Å². The average Bonchev–Trinajstić information content (AvgIpc) is 2.37. The summed E-state index contributed by atoms with van der Waals surface area (Å²) in [7, 11) is 1.41. The Hall–Kier alpha value is -1.82. The van der Waals surface area contributed by atoms with E-state index in [9.17, 15) is 15.2 Å². The molecule has 1 aliphatic heterocycles. The van der Waals surface area contributed by atoms with Crippen molar-refractivity contribution in [3.8, 4) is 5.75 Å². The summed E-state index contributed by atoms with van der Waals surface area (Å²) in [5.74, 6) is 0.248. The molecule has 0 saturated carbocycles. The molecule has 0 aromatic heterocycles. The zero-order valence-electron chi connectivity index (χ0n) is 10.2. The Morgan fingerprint density at radius 3 is 2.94 bits per heavy atom. The Bertz CT molecular complexity index is 450. The van der Waals surface area contributed by atoms with E-state index >= 15 is 0 Å². The van der Waals surface area contributed by atoms with Crippen LogP contribution < -0.4 is 9.64 Å². The third-order valence-corrected chi connectivity index (χ3v) is 3.12. The number of nitrogens with zero attached hydrogens (tertiary/aromatic N) is 2. The Labute approximate surface area is 105 Å². The molecule has 0 radical (unpaired) electrons. The van der Waals surface area contributed by atoms with Gasteiger partial charge < -0.3 is 14.7 Å². The van der Waals surface area contributed by atoms with Crippen molar-refractivity contribution in [3.05, 3.63) is 28.3 Å². The van der Waals surface area contributed by atoms with Gasteiger partial charge in [-0.1, -0.05) is 6.07 Å². The Kier molecular flexibility index (Phi) is 3.66. The molecule has 1 heterocycles. The number of benzene rings is 1. The summed E-state index contributed by atoms with van der Waals surface area (Å²) in [4.78, 5) is 12.6. The molecule has 1 fully saturated rings. The van der Waals surface area contributed by atoms with Gasteiger partial charge in [-0.25, -0.2) is 0 Å². The van der Waals surface area contributed by atoms with Gasteiger partial charge >= 0.3 is 5.69 Å². The fraction of sp³-hybridized carbons (Fsp3) is 0.500. The maximum atomic E-state index is 11.2. The summed E-state index contributed by atoms with van der Waals surface area (Å²) < 4.78 is 5.03. The van der Waals surface area contributed by atoms with Gasteiger partial charge in [0.15, 0.2) is 5.75 Å². The lowest BCUT2D eigenvalue weighted by molar-refractivity contribution is -0.385. The number of aliphatic hydroxyl groups is 1. The minimum Gasteiger partial charge on any atom is -0.490 e. The number of aliphatic hydroxyl groups excluding tert-OH is 1. The fourth-order valence-electron chi connectivity index (χ4n) is 2.29. The van der Waals surface area contributed by atoms with Crippen molar-refractivity contribution in [1.29, 1.82) is 0 Å². The van der Waals surface area contributed by atoms with E-state index in [0.29, 0.717) is 18.8 Å². The van der Waals surface area contributed by atoms with Crippen LogP contribution in [0.4, 0.5) is 11.4 Å². The van der Waals surface area contributed by atoms with Crippen LogP contribution in [0.3, 0.4) is 0 Å². The van der Waals surface area contributed by atoms with Gasteiger partial charge in [0.1, 0.15) is 5.69 Å². The molecule has 98 valence electrons. The van der Waals surface area contributed by atoms with E-state index in [4.69, 9.17) is 4.74 Å². The van der Waals surface area contributed by atoms with Gasteiger partial charge in [-0.05, 0) is 25.0 Å². The second-order valence-electron chi connectivity index (χ2n) is 4.33. The first-order valence-corrected chi connectivity index (χ1v) is 5.88. The number of ether oxygens (including phenoxy) is 1. The number of anilines is 1. The topological polar surface area (TPSA) is 75.8 Å². The molecule has 0 unspecified atom stereocenters. The predicted molar refractivity (Wildman–Crippen MR) is 67.1 cm³/mol. The van der Waals surface area contributed by atoms with Gasteiger partial charge in [0, 0.05) is 13.1 Å². The van der Waals surface area contributed by atoms with Crippen LogP contribution in [0.1, 0.15) is 12.8 Å². The van der Waals surface area contributed by atoms with Crippen molar-refractivity contribution in [2.45, 2.75) is 18.9 Å². The molecule has 1 aromatic rings. The van der Waals surface area contributed by atoms with E-state index in [1.807, 2.05) is 4.90 Å². The largest absolute Gasteiger partial charge is 0.490 e. The molecular weight excluding hydrogens is 236 g/mol. The van der Waals surface area contributed by atoms with Gasteiger partial charge in [-0.2, -0.15) is 0 Å². The number of para-hydroxylation sites is 1. The SMILES string of the molecule is COc1cccc(N2CCC[C@H](O)C2)c1[N+](=O)[O-]. The second-order valence-corrected chi connectivity index (χ2v) is 4.33. The number of piperidine rings is 1. The van der Waals surface area contributed by atoms with E-state index in [-0.39, 0.29) is 11.4 Å². The molecule has 1 saturated heterocycles. The summed E-state index contributed by atoms with van der Waals surface area (Å²) in [5.41, 5.74) is 0.479. The third-order valence-electron chi connectivity index (χ3n) is 3.12. The Balaban J connectivity index is 2.40. The van der Waals surface area contributed by atoms with Crippen LogP contribution in [0.5, 0.6) is 5.75 Å². The van der Waals surface area contributed by atoms with E-state index in [0.717, 1.165) is 12.8 Å². The average molecular weight is 252 g/mol. The van der Waals surface area contributed by atoms with Crippen molar-refractivity contribution in [2.24, 2.45) is 0 Å². The van der Waals surface area contributed by atoms with Crippen molar-refractivity contribution in [1.82, 2.24) is 0 Å². The highest BCUT2D eigenvalue weighted by atomic mass is 16.6. The van der Waals surface area contributed by atoms with Crippen LogP contribution in [0.25, 0.3) is 0 Å². The first-order valence-electron chi connectivity index (χ1n) is 5.88. The molecule has 0 amide bonds. The number of nitro benzene ring substituents is 1. The summed E-state index contributed by atoms with van der Waals surface area (Å²) in [5, 5.41) is 20.8. The number of hydrogen-bond acceptors (Lipinski definition) is 5. The van der Waals surface area contributed by atoms with Gasteiger partial charge in [-0.15, -0.1) is 0 Å². The van der Waals surface area contributed by atoms with Crippen molar-refractivity contribution in [2.75, 3.05) is 25.1 Å². The van der Waals surface area contributed by atoms with E-state index in [1.165, 1.54) is 7.11 Å². The highest BCUT2D eigenvalue weighted by Crippen LogP contribution is 2.37. The zero-order valence-corrected chi connectivity index (χ0v) is 10.2. The van der Waals surface area contributed by atoms with Crippen LogP contribution in [0.2, 0.25) is 0 Å². The second kappa shape index (κ2) is 5.22. The normalized spacial score (nSPS) is 19.7. The van der Waals surface area contributed by atoms with Crippen LogP contribution in [0, 0.1) is 10.1 Å². The standard InChI is InChI=1S/C12H16N2O4/c1-18-11-6-2-5-10(12(11)14(16)17)13-7-3-4-9(15)8-13/h2,5-6,9,15H,3-4,7-8H2,1H3/t9-/m0/s1. The van der Waals surface area contributed by atoms with E-state index < -0.39 is 11.0 Å². The van der Waals surface area contributed by atoms with Crippen LogP contribution >= 0.6 is 0 Å². The van der Waals surface area contributed by atoms with Gasteiger partial charge in [-0.3, -0.25) is 10.1 Å². The number of nitro groups is 1. The summed E-state index contributed by atoms with van der Waals surface area (Å²) in [6, 6.07) is 4.99. The smallest absolute Gasteiger partial charge is 0.333 e. The van der Waals surface area contributed by atoms with Gasteiger partial charge in [0.25, 0.3) is 0 Å². The number of rotatable bonds is 3. The van der Waals surface area contributed by atoms with Crippen LogP contribution in [-0.2, 0) is 0 Å². The molecule has 18 heavy (non-hydrogen) atoms. The highest BCUT2D eigenvalue weighted by Gasteiger charge is 2.27. The van der Waals surface area contributed by atoms with E-state index in [1.54, 1.807) is 18.2 Å². The molecule has 0 spiro atoms. The monoisotopic (exact) mass is 252 g/mol. The fourth-order valence-corrected chi connectivity index (χ4v) is 2.29. The lowest BCUT2D eigenvalue weighted by atomic mass is 10.1. The predicted octanol–water partition coefficient (Wildman–Crippen LogP) is 1.56. The van der Waals surface area contributed by atoms with Crippen molar-refractivity contribution >= 4 is 11.4 Å². The summed E-state index contributed by atoms with van der Waals surface area (Å²) >= 11 is 0. The summed E-state index contributed by atoms with van der Waals surface area (Å²) in [6.45, 7) is 1.14. The molecule has 2 rings (SSSR count). The molecule has 0 aliphatic carbocycles. The molecule has 6 heteroatoms. The molecule has 0 bridgehead atoms. The molecule has 1 aromatic carbocycles. The maximum absolute atomic E-state index is 11.2. The maximum Gasteiger partial charge on any atom is 0.333 e. The third kappa shape index (κ3) is 2.38. The van der Waals surface area contributed by atoms with Crippen LogP contribution in [0.15, 0.2) is 18.2 Å². The molecule has 1 aliphatic rings. The number of methoxy groups -OCH3 is 1. The van der Waals surface area contributed by atoms with Crippen LogP contribution in [-0.4, -0.2) is 36.3 Å².